The van der Waals surface area contributed by atoms with E-state index in [4.69, 9.17) is 9.47 Å². The maximum Gasteiger partial charge on any atom is 0.244 e. The summed E-state index contributed by atoms with van der Waals surface area (Å²) in [6.07, 6.45) is 1.65. The SMILES string of the molecule is COCC1(CNS(=O)(=O)c2cc(NC(C)=O)ccc2OC)CCNCC1. The van der Waals surface area contributed by atoms with Crippen molar-refractivity contribution in [2.75, 3.05) is 45.8 Å². The van der Waals surface area contributed by atoms with Crippen molar-refractivity contribution in [3.63, 3.8) is 0 Å². The molecule has 146 valence electrons. The molecule has 9 heteroatoms. The van der Waals surface area contributed by atoms with Crippen LogP contribution in [0.15, 0.2) is 23.1 Å². The molecule has 1 aliphatic heterocycles. The minimum Gasteiger partial charge on any atom is -0.495 e. The summed E-state index contributed by atoms with van der Waals surface area (Å²) in [5.41, 5.74) is 0.155. The van der Waals surface area contributed by atoms with E-state index in [0.717, 1.165) is 25.9 Å². The van der Waals surface area contributed by atoms with Crippen LogP contribution in [-0.2, 0) is 19.6 Å². The largest absolute Gasteiger partial charge is 0.495 e. The predicted octanol–water partition coefficient (Wildman–Crippen LogP) is 0.948. The van der Waals surface area contributed by atoms with Gasteiger partial charge in [0, 0.05) is 31.7 Å². The zero-order chi connectivity index (χ0) is 19.2. The first kappa shape index (κ1) is 20.6. The van der Waals surface area contributed by atoms with Crippen LogP contribution >= 0.6 is 0 Å². The molecule has 26 heavy (non-hydrogen) atoms. The Morgan fingerprint density at radius 2 is 1.96 bits per heavy atom. The second kappa shape index (κ2) is 8.81. The van der Waals surface area contributed by atoms with Gasteiger partial charge in [-0.1, -0.05) is 0 Å². The fourth-order valence-corrected chi connectivity index (χ4v) is 4.48. The van der Waals surface area contributed by atoms with E-state index in [-0.39, 0.29) is 28.5 Å². The molecule has 0 radical (unpaired) electrons. The molecule has 1 heterocycles. The number of nitrogens with one attached hydrogen (secondary N) is 3. The van der Waals surface area contributed by atoms with Gasteiger partial charge in [-0.25, -0.2) is 13.1 Å². The number of anilines is 1. The van der Waals surface area contributed by atoms with E-state index in [1.54, 1.807) is 13.2 Å². The van der Waals surface area contributed by atoms with Gasteiger partial charge in [0.25, 0.3) is 0 Å². The molecule has 0 bridgehead atoms. The second-order valence-corrected chi connectivity index (χ2v) is 8.29. The Hall–Kier alpha value is -1.68. The minimum absolute atomic E-state index is 0.00671. The molecule has 0 aliphatic carbocycles. The first-order valence-corrected chi connectivity index (χ1v) is 9.95. The number of ether oxygens (including phenoxy) is 2. The fourth-order valence-electron chi connectivity index (χ4n) is 3.13. The molecule has 0 saturated carbocycles. The van der Waals surface area contributed by atoms with Gasteiger partial charge in [0.2, 0.25) is 15.9 Å². The lowest BCUT2D eigenvalue weighted by Gasteiger charge is -2.37. The Balaban J connectivity index is 2.24. The summed E-state index contributed by atoms with van der Waals surface area (Å²) in [4.78, 5) is 11.2. The Kier molecular flexibility index (Phi) is 6.99. The van der Waals surface area contributed by atoms with E-state index < -0.39 is 10.0 Å². The lowest BCUT2D eigenvalue weighted by Crippen LogP contribution is -2.47. The number of sulfonamides is 1. The van der Waals surface area contributed by atoms with E-state index >= 15 is 0 Å². The number of hydrogen-bond donors (Lipinski definition) is 3. The highest BCUT2D eigenvalue weighted by Gasteiger charge is 2.34. The van der Waals surface area contributed by atoms with Gasteiger partial charge in [0.15, 0.2) is 0 Å². The highest BCUT2D eigenvalue weighted by atomic mass is 32.2. The van der Waals surface area contributed by atoms with E-state index in [9.17, 15) is 13.2 Å². The zero-order valence-electron chi connectivity index (χ0n) is 15.4. The quantitative estimate of drug-likeness (QED) is 0.615. The van der Waals surface area contributed by atoms with E-state index in [2.05, 4.69) is 15.4 Å². The summed E-state index contributed by atoms with van der Waals surface area (Å²) in [5.74, 6) is -0.0575. The Labute approximate surface area is 154 Å². The lowest BCUT2D eigenvalue weighted by atomic mass is 9.80. The van der Waals surface area contributed by atoms with Crippen molar-refractivity contribution < 1.29 is 22.7 Å². The first-order valence-electron chi connectivity index (χ1n) is 8.47. The maximum absolute atomic E-state index is 12.9. The zero-order valence-corrected chi connectivity index (χ0v) is 16.2. The highest BCUT2D eigenvalue weighted by molar-refractivity contribution is 7.89. The van der Waals surface area contributed by atoms with Crippen LogP contribution in [0.25, 0.3) is 0 Å². The highest BCUT2D eigenvalue weighted by Crippen LogP contribution is 2.31. The van der Waals surface area contributed by atoms with Crippen molar-refractivity contribution in [1.82, 2.24) is 10.0 Å². The number of hydrogen-bond acceptors (Lipinski definition) is 6. The average molecular weight is 385 g/mol. The number of carbonyl (C=O) groups is 1. The molecule has 0 atom stereocenters. The molecule has 0 unspecified atom stereocenters. The summed E-state index contributed by atoms with van der Waals surface area (Å²) < 4.78 is 39.0. The number of benzene rings is 1. The Morgan fingerprint density at radius 1 is 1.27 bits per heavy atom. The third kappa shape index (κ3) is 5.16. The van der Waals surface area contributed by atoms with Crippen LogP contribution in [0.3, 0.4) is 0 Å². The molecule has 1 aliphatic rings. The normalized spacial score (nSPS) is 16.9. The number of rotatable bonds is 8. The molecule has 8 nitrogen and oxygen atoms in total. The smallest absolute Gasteiger partial charge is 0.244 e. The van der Waals surface area contributed by atoms with Crippen LogP contribution in [0.1, 0.15) is 19.8 Å². The molecule has 1 fully saturated rings. The average Bonchev–Trinajstić information content (AvgIpc) is 2.61. The number of carbonyl (C=O) groups excluding carboxylic acids is 1. The van der Waals surface area contributed by atoms with Crippen molar-refractivity contribution in [2.24, 2.45) is 5.41 Å². The van der Waals surface area contributed by atoms with Gasteiger partial charge in [-0.15, -0.1) is 0 Å². The molecular formula is C17H27N3O5S. The number of piperidine rings is 1. The van der Waals surface area contributed by atoms with Gasteiger partial charge >= 0.3 is 0 Å². The predicted molar refractivity (Wildman–Crippen MR) is 98.9 cm³/mol. The maximum atomic E-state index is 12.9. The fraction of sp³-hybridized carbons (Fsp3) is 0.588. The standard InChI is InChI=1S/C17H27N3O5S/c1-13(21)20-14-4-5-15(25-3)16(10-14)26(22,23)19-11-17(12-24-2)6-8-18-9-7-17/h4-5,10,18-19H,6-9,11-12H2,1-3H3,(H,20,21). The van der Waals surface area contributed by atoms with Crippen LogP contribution in [0.2, 0.25) is 0 Å². The van der Waals surface area contributed by atoms with Crippen molar-refractivity contribution in [3.05, 3.63) is 18.2 Å². The monoisotopic (exact) mass is 385 g/mol. The minimum atomic E-state index is -3.82. The summed E-state index contributed by atoms with van der Waals surface area (Å²) in [6, 6.07) is 4.52. The molecule has 1 aromatic carbocycles. The Bertz CT molecular complexity index is 724. The lowest BCUT2D eigenvalue weighted by molar-refractivity contribution is -0.114. The summed E-state index contributed by atoms with van der Waals surface area (Å²) in [6.45, 7) is 3.78. The van der Waals surface area contributed by atoms with Gasteiger partial charge in [0.1, 0.15) is 10.6 Å². The third-order valence-corrected chi connectivity index (χ3v) is 5.95. The van der Waals surface area contributed by atoms with Crippen LogP contribution < -0.4 is 20.1 Å². The number of methoxy groups -OCH3 is 2. The van der Waals surface area contributed by atoms with Crippen LogP contribution in [0.5, 0.6) is 5.75 Å². The first-order chi connectivity index (χ1) is 12.3. The van der Waals surface area contributed by atoms with Crippen LogP contribution in [0, 0.1) is 5.41 Å². The molecule has 1 amide bonds. The number of amides is 1. The van der Waals surface area contributed by atoms with Crippen molar-refractivity contribution in [1.29, 1.82) is 0 Å². The molecule has 3 N–H and O–H groups in total. The van der Waals surface area contributed by atoms with Crippen molar-refractivity contribution in [2.45, 2.75) is 24.7 Å². The van der Waals surface area contributed by atoms with Gasteiger partial charge in [-0.05, 0) is 44.1 Å². The molecule has 1 saturated heterocycles. The van der Waals surface area contributed by atoms with Crippen molar-refractivity contribution >= 4 is 21.6 Å². The molecular weight excluding hydrogens is 358 g/mol. The van der Waals surface area contributed by atoms with E-state index in [1.807, 2.05) is 0 Å². The molecule has 0 aromatic heterocycles. The van der Waals surface area contributed by atoms with Gasteiger partial charge in [0.05, 0.1) is 13.7 Å². The van der Waals surface area contributed by atoms with E-state index in [1.165, 1.54) is 26.2 Å². The van der Waals surface area contributed by atoms with Gasteiger partial charge in [-0.3, -0.25) is 4.79 Å². The third-order valence-electron chi connectivity index (χ3n) is 4.53. The Morgan fingerprint density at radius 3 is 2.54 bits per heavy atom. The summed E-state index contributed by atoms with van der Waals surface area (Å²) in [5, 5.41) is 5.86. The summed E-state index contributed by atoms with van der Waals surface area (Å²) >= 11 is 0. The summed E-state index contributed by atoms with van der Waals surface area (Å²) in [7, 11) is -0.788. The van der Waals surface area contributed by atoms with Gasteiger partial charge < -0.3 is 20.1 Å². The van der Waals surface area contributed by atoms with Crippen LogP contribution in [0.4, 0.5) is 5.69 Å². The topological polar surface area (TPSA) is 106 Å². The molecule has 2 rings (SSSR count). The van der Waals surface area contributed by atoms with E-state index in [0.29, 0.717) is 12.3 Å². The molecule has 0 spiro atoms. The molecule has 1 aromatic rings. The van der Waals surface area contributed by atoms with Crippen LogP contribution in [-0.4, -0.2) is 54.8 Å². The van der Waals surface area contributed by atoms with Crippen molar-refractivity contribution in [3.8, 4) is 5.75 Å². The second-order valence-electron chi connectivity index (χ2n) is 6.55. The van der Waals surface area contributed by atoms with Gasteiger partial charge in [-0.2, -0.15) is 0 Å².